The van der Waals surface area contributed by atoms with Crippen LogP contribution in [0.4, 0.5) is 0 Å². The van der Waals surface area contributed by atoms with Gasteiger partial charge in [0, 0.05) is 5.30 Å². The Kier molecular flexibility index (Phi) is 9.61. The predicted molar refractivity (Wildman–Crippen MR) is 155 cm³/mol. The summed E-state index contributed by atoms with van der Waals surface area (Å²) < 4.78 is 39.6. The Hall–Kier alpha value is -3.09. The lowest BCUT2D eigenvalue weighted by Gasteiger charge is -2.44. The Balaban J connectivity index is 1.44. The van der Waals surface area contributed by atoms with E-state index < -0.39 is 31.5 Å². The summed E-state index contributed by atoms with van der Waals surface area (Å²) >= 11 is 0. The van der Waals surface area contributed by atoms with Crippen LogP contribution in [0.3, 0.4) is 0 Å². The Labute approximate surface area is 236 Å². The van der Waals surface area contributed by atoms with Crippen molar-refractivity contribution >= 4 is 12.7 Å². The van der Waals surface area contributed by atoms with Crippen LogP contribution in [0.5, 0.6) is 0 Å². The summed E-state index contributed by atoms with van der Waals surface area (Å²) in [6.45, 7) is 2.93. The molecular weight excluding hydrogens is 523 g/mol. The molecule has 4 aromatic rings. The number of aryl methyl sites for hydroxylation is 1. The first-order valence-corrected chi connectivity index (χ1v) is 15.2. The average molecular weight is 559 g/mol. The van der Waals surface area contributed by atoms with Crippen LogP contribution >= 0.6 is 7.37 Å². The Bertz CT molecular complexity index is 1360. The molecule has 0 saturated carbocycles. The van der Waals surface area contributed by atoms with Gasteiger partial charge < -0.3 is 23.8 Å². The van der Waals surface area contributed by atoms with Gasteiger partial charge in [0.15, 0.2) is 5.85 Å². The molecule has 0 bridgehead atoms. The molecule has 1 aliphatic rings. The summed E-state index contributed by atoms with van der Waals surface area (Å²) in [5.74, 6) is -1.43. The standard InChI is InChI=1S/C33H35O6P/c1-25-17-19-29(20-18-25)40(35)33(34)32(38-23-28-15-9-4-10-16-28)31(37-22-27-13-7-3-8-14-27)30(39-40)24-36-21-26-11-5-2-6-12-26/h2-20,30-34H,21-24H2,1H3/t30-,31-,32+,33+,40+/m1/s1. The van der Waals surface area contributed by atoms with Gasteiger partial charge in [-0.3, -0.25) is 4.57 Å². The Morgan fingerprint density at radius 3 is 1.68 bits per heavy atom. The summed E-state index contributed by atoms with van der Waals surface area (Å²) in [6, 6.07) is 36.5. The molecule has 4 aromatic carbocycles. The van der Waals surface area contributed by atoms with Crippen molar-refractivity contribution in [3.8, 4) is 0 Å². The lowest BCUT2D eigenvalue weighted by Crippen LogP contribution is -2.55. The number of ether oxygens (including phenoxy) is 3. The van der Waals surface area contributed by atoms with Crippen LogP contribution in [0.25, 0.3) is 0 Å². The second-order valence-corrected chi connectivity index (χ2v) is 12.5. The van der Waals surface area contributed by atoms with E-state index in [1.54, 1.807) is 12.1 Å². The average Bonchev–Trinajstić information content (AvgIpc) is 2.99. The minimum absolute atomic E-state index is 0.113. The molecule has 0 spiro atoms. The first kappa shape index (κ1) is 28.4. The summed E-state index contributed by atoms with van der Waals surface area (Å²) in [4.78, 5) is 0. The quantitative estimate of drug-likeness (QED) is 0.228. The smallest absolute Gasteiger partial charge is 0.262 e. The normalized spacial score (nSPS) is 24.6. The fourth-order valence-corrected chi connectivity index (χ4v) is 7.12. The molecule has 5 atom stereocenters. The van der Waals surface area contributed by atoms with Crippen molar-refractivity contribution in [3.63, 3.8) is 0 Å². The zero-order chi connectivity index (χ0) is 27.8. The monoisotopic (exact) mass is 558 g/mol. The van der Waals surface area contributed by atoms with Crippen molar-refractivity contribution in [2.75, 3.05) is 6.61 Å². The molecule has 7 heteroatoms. The number of aliphatic hydroxyl groups excluding tert-OH is 1. The second kappa shape index (κ2) is 13.5. The van der Waals surface area contributed by atoms with Crippen LogP contribution in [-0.4, -0.2) is 35.9 Å². The summed E-state index contributed by atoms with van der Waals surface area (Å²) in [5.41, 5.74) is 3.93. The van der Waals surface area contributed by atoms with Gasteiger partial charge in [0.25, 0.3) is 7.37 Å². The summed E-state index contributed by atoms with van der Waals surface area (Å²) in [7, 11) is -3.78. The minimum atomic E-state index is -3.78. The van der Waals surface area contributed by atoms with Gasteiger partial charge in [0.1, 0.15) is 18.3 Å². The third kappa shape index (κ3) is 6.97. The van der Waals surface area contributed by atoms with E-state index in [-0.39, 0.29) is 19.8 Å². The highest BCUT2D eigenvalue weighted by molar-refractivity contribution is 7.67. The maximum atomic E-state index is 14.5. The third-order valence-corrected chi connectivity index (χ3v) is 9.57. The predicted octanol–water partition coefficient (Wildman–Crippen LogP) is 6.00. The maximum Gasteiger partial charge on any atom is 0.262 e. The van der Waals surface area contributed by atoms with Crippen LogP contribution in [0.2, 0.25) is 0 Å². The van der Waals surface area contributed by atoms with Gasteiger partial charge in [-0.25, -0.2) is 0 Å². The summed E-state index contributed by atoms with van der Waals surface area (Å²) in [5, 5.41) is 12.1. The van der Waals surface area contributed by atoms with Crippen molar-refractivity contribution < 1.29 is 28.4 Å². The molecule has 1 heterocycles. The topological polar surface area (TPSA) is 74.2 Å². The summed E-state index contributed by atoms with van der Waals surface area (Å²) in [6.07, 6.45) is -2.40. The fourth-order valence-electron chi connectivity index (χ4n) is 4.77. The van der Waals surface area contributed by atoms with Crippen molar-refractivity contribution in [3.05, 3.63) is 138 Å². The lowest BCUT2D eigenvalue weighted by molar-refractivity contribution is -0.174. The van der Waals surface area contributed by atoms with Crippen molar-refractivity contribution in [2.45, 2.75) is 50.9 Å². The largest absolute Gasteiger partial charge is 0.380 e. The van der Waals surface area contributed by atoms with E-state index in [4.69, 9.17) is 18.7 Å². The molecule has 1 aliphatic heterocycles. The first-order chi connectivity index (χ1) is 19.5. The second-order valence-electron chi connectivity index (χ2n) is 10.0. The highest BCUT2D eigenvalue weighted by Gasteiger charge is 2.54. The molecular formula is C33H35O6P. The SMILES string of the molecule is Cc1ccc([P@]2(=O)O[C@H](COCc3ccccc3)[C@@H](OCc3ccccc3)[C@H](OCc3ccccc3)[C@H]2O)cc1. The van der Waals surface area contributed by atoms with Gasteiger partial charge in [-0.15, -0.1) is 0 Å². The Morgan fingerprint density at radius 2 is 1.15 bits per heavy atom. The van der Waals surface area contributed by atoms with E-state index in [2.05, 4.69) is 0 Å². The van der Waals surface area contributed by atoms with Gasteiger partial charge in [-0.05, 0) is 35.7 Å². The molecule has 208 valence electrons. The van der Waals surface area contributed by atoms with Gasteiger partial charge in [-0.1, -0.05) is 109 Å². The zero-order valence-corrected chi connectivity index (χ0v) is 23.4. The molecule has 6 nitrogen and oxygen atoms in total. The van der Waals surface area contributed by atoms with Crippen LogP contribution in [-0.2, 0) is 43.1 Å². The number of rotatable bonds is 11. The molecule has 1 fully saturated rings. The third-order valence-electron chi connectivity index (χ3n) is 6.98. The molecule has 0 aromatic heterocycles. The number of aliphatic hydroxyl groups is 1. The van der Waals surface area contributed by atoms with Crippen molar-refractivity contribution in [2.24, 2.45) is 0 Å². The van der Waals surface area contributed by atoms with E-state index in [0.29, 0.717) is 11.9 Å². The molecule has 0 unspecified atom stereocenters. The van der Waals surface area contributed by atoms with E-state index >= 15 is 0 Å². The first-order valence-electron chi connectivity index (χ1n) is 13.5. The van der Waals surface area contributed by atoms with Crippen LogP contribution in [0.15, 0.2) is 115 Å². The molecule has 0 amide bonds. The van der Waals surface area contributed by atoms with Crippen molar-refractivity contribution in [1.29, 1.82) is 0 Å². The Morgan fingerprint density at radius 1 is 0.675 bits per heavy atom. The van der Waals surface area contributed by atoms with Crippen LogP contribution < -0.4 is 5.30 Å². The maximum absolute atomic E-state index is 14.5. The molecule has 0 aliphatic carbocycles. The van der Waals surface area contributed by atoms with E-state index in [1.165, 1.54) is 0 Å². The number of hydrogen-bond acceptors (Lipinski definition) is 6. The number of benzene rings is 4. The van der Waals surface area contributed by atoms with Crippen molar-refractivity contribution in [1.82, 2.24) is 0 Å². The number of hydrogen-bond donors (Lipinski definition) is 1. The minimum Gasteiger partial charge on any atom is -0.380 e. The van der Waals surface area contributed by atoms with Crippen LogP contribution in [0.1, 0.15) is 22.3 Å². The fraction of sp³-hybridized carbons (Fsp3) is 0.273. The van der Waals surface area contributed by atoms with Gasteiger partial charge in [0.2, 0.25) is 0 Å². The van der Waals surface area contributed by atoms with Crippen LogP contribution in [0, 0.1) is 6.92 Å². The van der Waals surface area contributed by atoms with E-state index in [0.717, 1.165) is 22.3 Å². The highest BCUT2D eigenvalue weighted by atomic mass is 31.2. The van der Waals surface area contributed by atoms with E-state index in [1.807, 2.05) is 110 Å². The van der Waals surface area contributed by atoms with Gasteiger partial charge in [0.05, 0.1) is 26.4 Å². The zero-order valence-electron chi connectivity index (χ0n) is 22.5. The molecule has 1 saturated heterocycles. The molecule has 1 N–H and O–H groups in total. The van der Waals surface area contributed by atoms with E-state index in [9.17, 15) is 9.67 Å². The van der Waals surface area contributed by atoms with Gasteiger partial charge >= 0.3 is 0 Å². The lowest BCUT2D eigenvalue weighted by atomic mass is 10.1. The molecule has 0 radical (unpaired) electrons. The highest BCUT2D eigenvalue weighted by Crippen LogP contribution is 2.57. The van der Waals surface area contributed by atoms with Gasteiger partial charge in [-0.2, -0.15) is 0 Å². The molecule has 40 heavy (non-hydrogen) atoms. The molecule has 5 rings (SSSR count).